The minimum absolute atomic E-state index is 0.0981. The molecule has 0 saturated carbocycles. The number of hydrogen-bond acceptors (Lipinski definition) is 6. The van der Waals surface area contributed by atoms with Crippen molar-refractivity contribution in [2.24, 2.45) is 0 Å². The standard InChI is InChI=1S/C21H20N4O3S2/c1-14(24-30(2,27)28)11-15-5-3-6-16(12-15)18-8-9-22-21-17(13-23-25(18)21)20(26)19-7-4-10-29-19/h3-10,12-14,24H,11H2,1-2H3. The number of aromatic nitrogens is 3. The molecule has 154 valence electrons. The van der Waals surface area contributed by atoms with E-state index in [0.717, 1.165) is 23.1 Å². The zero-order valence-electron chi connectivity index (χ0n) is 16.4. The van der Waals surface area contributed by atoms with Gasteiger partial charge in [-0.15, -0.1) is 11.3 Å². The van der Waals surface area contributed by atoms with E-state index < -0.39 is 10.0 Å². The molecule has 3 heterocycles. The molecule has 4 rings (SSSR count). The second-order valence-corrected chi connectivity index (χ2v) is 9.85. The maximum Gasteiger partial charge on any atom is 0.208 e. The Bertz CT molecular complexity index is 1310. The van der Waals surface area contributed by atoms with Crippen LogP contribution in [-0.4, -0.2) is 41.1 Å². The largest absolute Gasteiger partial charge is 0.287 e. The predicted molar refractivity (Wildman–Crippen MR) is 117 cm³/mol. The Morgan fingerprint density at radius 2 is 2.07 bits per heavy atom. The number of sulfonamides is 1. The second kappa shape index (κ2) is 8.10. The van der Waals surface area contributed by atoms with Crippen molar-refractivity contribution < 1.29 is 13.2 Å². The minimum atomic E-state index is -3.26. The van der Waals surface area contributed by atoms with Crippen molar-refractivity contribution in [2.45, 2.75) is 19.4 Å². The fourth-order valence-corrected chi connectivity index (χ4v) is 4.92. The number of nitrogens with zero attached hydrogens (tertiary/aromatic N) is 3. The first-order chi connectivity index (χ1) is 14.3. The number of hydrogen-bond donors (Lipinski definition) is 1. The Morgan fingerprint density at radius 3 is 2.80 bits per heavy atom. The molecule has 0 aliphatic carbocycles. The van der Waals surface area contributed by atoms with Crippen molar-refractivity contribution in [3.63, 3.8) is 0 Å². The third-order valence-corrected chi connectivity index (χ3v) is 6.27. The third kappa shape index (κ3) is 4.33. The van der Waals surface area contributed by atoms with Gasteiger partial charge < -0.3 is 0 Å². The summed E-state index contributed by atoms with van der Waals surface area (Å²) in [5.41, 5.74) is 3.66. The van der Waals surface area contributed by atoms with Gasteiger partial charge in [0.1, 0.15) is 0 Å². The van der Waals surface area contributed by atoms with Crippen molar-refractivity contribution in [1.82, 2.24) is 19.3 Å². The summed E-state index contributed by atoms with van der Waals surface area (Å²) in [6.07, 6.45) is 4.92. The molecule has 3 aromatic heterocycles. The molecule has 9 heteroatoms. The van der Waals surface area contributed by atoms with E-state index in [1.54, 1.807) is 23.0 Å². The molecule has 0 aliphatic heterocycles. The number of carbonyl (C=O) groups is 1. The zero-order valence-corrected chi connectivity index (χ0v) is 18.1. The summed E-state index contributed by atoms with van der Waals surface area (Å²) < 4.78 is 27.2. The molecular formula is C21H20N4O3S2. The normalized spacial score (nSPS) is 12.9. The van der Waals surface area contributed by atoms with Gasteiger partial charge in [-0.2, -0.15) is 5.10 Å². The van der Waals surface area contributed by atoms with Crippen molar-refractivity contribution in [3.8, 4) is 11.3 Å². The lowest BCUT2D eigenvalue weighted by Gasteiger charge is -2.13. The van der Waals surface area contributed by atoms with Gasteiger partial charge in [0.25, 0.3) is 0 Å². The van der Waals surface area contributed by atoms with Crippen LogP contribution in [0.1, 0.15) is 27.7 Å². The lowest BCUT2D eigenvalue weighted by molar-refractivity contribution is 0.104. The van der Waals surface area contributed by atoms with E-state index in [4.69, 9.17) is 0 Å². The smallest absolute Gasteiger partial charge is 0.208 e. The number of rotatable bonds is 7. The highest BCUT2D eigenvalue weighted by atomic mass is 32.2. The highest BCUT2D eigenvalue weighted by Crippen LogP contribution is 2.24. The Labute approximate surface area is 178 Å². The van der Waals surface area contributed by atoms with Gasteiger partial charge in [-0.1, -0.05) is 24.3 Å². The highest BCUT2D eigenvalue weighted by Gasteiger charge is 2.18. The van der Waals surface area contributed by atoms with Crippen molar-refractivity contribution in [2.75, 3.05) is 6.26 Å². The van der Waals surface area contributed by atoms with Crippen LogP contribution in [0, 0.1) is 0 Å². The lowest BCUT2D eigenvalue weighted by atomic mass is 10.0. The molecule has 1 unspecified atom stereocenters. The fourth-order valence-electron chi connectivity index (χ4n) is 3.43. The Morgan fingerprint density at radius 1 is 1.23 bits per heavy atom. The first-order valence-corrected chi connectivity index (χ1v) is 12.1. The summed E-state index contributed by atoms with van der Waals surface area (Å²) in [6.45, 7) is 1.83. The van der Waals surface area contributed by atoms with Gasteiger partial charge >= 0.3 is 0 Å². The first-order valence-electron chi connectivity index (χ1n) is 9.29. The number of benzene rings is 1. The van der Waals surface area contributed by atoms with Crippen LogP contribution < -0.4 is 4.72 Å². The van der Waals surface area contributed by atoms with Crippen molar-refractivity contribution in [1.29, 1.82) is 0 Å². The molecule has 1 N–H and O–H groups in total. The van der Waals surface area contributed by atoms with Crippen LogP contribution in [0.2, 0.25) is 0 Å². The maximum atomic E-state index is 12.8. The van der Waals surface area contributed by atoms with Crippen molar-refractivity contribution in [3.05, 3.63) is 76.2 Å². The van der Waals surface area contributed by atoms with Gasteiger partial charge in [0.15, 0.2) is 5.65 Å². The highest BCUT2D eigenvalue weighted by molar-refractivity contribution is 7.88. The van der Waals surface area contributed by atoms with Crippen LogP contribution in [0.3, 0.4) is 0 Å². The minimum Gasteiger partial charge on any atom is -0.287 e. The van der Waals surface area contributed by atoms with Crippen LogP contribution in [0.5, 0.6) is 0 Å². The van der Waals surface area contributed by atoms with E-state index in [2.05, 4.69) is 14.8 Å². The summed E-state index contributed by atoms with van der Waals surface area (Å²) in [6, 6.07) is 13.1. The number of ketones is 1. The fraction of sp³-hybridized carbons (Fsp3) is 0.190. The Balaban J connectivity index is 1.68. The van der Waals surface area contributed by atoms with E-state index in [1.165, 1.54) is 11.3 Å². The van der Waals surface area contributed by atoms with Crippen LogP contribution in [0.15, 0.2) is 60.2 Å². The van der Waals surface area contributed by atoms with Gasteiger partial charge in [-0.25, -0.2) is 22.6 Å². The number of thiophene rings is 1. The molecule has 4 aromatic rings. The zero-order chi connectivity index (χ0) is 21.3. The molecule has 0 fully saturated rings. The molecule has 1 aromatic carbocycles. The molecule has 0 spiro atoms. The molecule has 0 aliphatic rings. The van der Waals surface area contributed by atoms with E-state index >= 15 is 0 Å². The number of fused-ring (bicyclic) bond motifs is 1. The molecule has 30 heavy (non-hydrogen) atoms. The number of carbonyl (C=O) groups excluding carboxylic acids is 1. The van der Waals surface area contributed by atoms with Crippen molar-refractivity contribution >= 4 is 32.8 Å². The van der Waals surface area contributed by atoms with Gasteiger partial charge in [0, 0.05) is 17.8 Å². The Kier molecular flexibility index (Phi) is 5.50. The summed E-state index contributed by atoms with van der Waals surface area (Å²) in [4.78, 5) is 17.8. The predicted octanol–water partition coefficient (Wildman–Crippen LogP) is 3.17. The average molecular weight is 441 g/mol. The quantitative estimate of drug-likeness (QED) is 0.446. The third-order valence-electron chi connectivity index (χ3n) is 4.57. The second-order valence-electron chi connectivity index (χ2n) is 7.13. The monoisotopic (exact) mass is 440 g/mol. The molecule has 0 amide bonds. The summed E-state index contributed by atoms with van der Waals surface area (Å²) >= 11 is 1.39. The van der Waals surface area contributed by atoms with E-state index in [0.29, 0.717) is 22.5 Å². The summed E-state index contributed by atoms with van der Waals surface area (Å²) in [5.74, 6) is -0.0981. The molecular weight excluding hydrogens is 420 g/mol. The van der Waals surface area contributed by atoms with Gasteiger partial charge in [-0.3, -0.25) is 4.79 Å². The first kappa shape index (κ1) is 20.4. The summed E-state index contributed by atoms with van der Waals surface area (Å²) in [5, 5.41) is 6.28. The van der Waals surface area contributed by atoms with Gasteiger partial charge in [-0.05, 0) is 42.5 Å². The maximum absolute atomic E-state index is 12.8. The van der Waals surface area contributed by atoms with Gasteiger partial charge in [0.05, 0.1) is 28.6 Å². The molecule has 0 bridgehead atoms. The van der Waals surface area contributed by atoms with Crippen LogP contribution in [-0.2, 0) is 16.4 Å². The molecule has 1 atom stereocenters. The average Bonchev–Trinajstić information content (AvgIpc) is 3.36. The van der Waals surface area contributed by atoms with E-state index in [9.17, 15) is 13.2 Å². The topological polar surface area (TPSA) is 93.4 Å². The van der Waals surface area contributed by atoms with Crippen LogP contribution >= 0.6 is 11.3 Å². The molecule has 7 nitrogen and oxygen atoms in total. The Hall–Kier alpha value is -2.88. The van der Waals surface area contributed by atoms with E-state index in [-0.39, 0.29) is 11.8 Å². The molecule has 0 radical (unpaired) electrons. The lowest BCUT2D eigenvalue weighted by Crippen LogP contribution is -2.33. The summed E-state index contributed by atoms with van der Waals surface area (Å²) in [7, 11) is -3.26. The van der Waals surface area contributed by atoms with Crippen LogP contribution in [0.25, 0.3) is 16.9 Å². The van der Waals surface area contributed by atoms with Gasteiger partial charge in [0.2, 0.25) is 15.8 Å². The van der Waals surface area contributed by atoms with Crippen LogP contribution in [0.4, 0.5) is 0 Å². The number of nitrogens with one attached hydrogen (secondary N) is 1. The van der Waals surface area contributed by atoms with E-state index in [1.807, 2.05) is 48.7 Å². The SMILES string of the molecule is CC(Cc1cccc(-c2ccnc3c(C(=O)c4cccs4)cnn23)c1)NS(C)(=O)=O. The molecule has 0 saturated heterocycles.